The Hall–Kier alpha value is -1.34. The van der Waals surface area contributed by atoms with E-state index in [1.807, 2.05) is 6.08 Å². The monoisotopic (exact) mass is 411 g/mol. The average molecular weight is 412 g/mol. The van der Waals surface area contributed by atoms with E-state index < -0.39 is 0 Å². The summed E-state index contributed by atoms with van der Waals surface area (Å²) in [5, 5.41) is 8.34. The fourth-order valence-corrected chi connectivity index (χ4v) is 3.86. The number of unbranched alkanes of at least 4 members (excludes halogenated alkanes) is 1. The highest BCUT2D eigenvalue weighted by atomic mass is 35.5. The van der Waals surface area contributed by atoms with Gasteiger partial charge in [0.1, 0.15) is 0 Å². The maximum absolute atomic E-state index is 11.3. The Kier molecular flexibility index (Phi) is 7.76. The van der Waals surface area contributed by atoms with E-state index in [-0.39, 0.29) is 11.7 Å². The third-order valence-corrected chi connectivity index (χ3v) is 5.76. The summed E-state index contributed by atoms with van der Waals surface area (Å²) in [4.78, 5) is 21.5. The summed E-state index contributed by atoms with van der Waals surface area (Å²) >= 11 is 12.3. The highest BCUT2D eigenvalue weighted by Gasteiger charge is 2.16. The van der Waals surface area contributed by atoms with Gasteiger partial charge in [-0.1, -0.05) is 29.3 Å². The zero-order chi connectivity index (χ0) is 19.1. The van der Waals surface area contributed by atoms with E-state index >= 15 is 0 Å². The Balaban J connectivity index is 1.22. The lowest BCUT2D eigenvalue weighted by Gasteiger charge is -2.18. The summed E-state index contributed by atoms with van der Waals surface area (Å²) in [6, 6.07) is 0.285. The molecule has 27 heavy (non-hydrogen) atoms. The predicted octanol–water partition coefficient (Wildman–Crippen LogP) is 2.91. The van der Waals surface area contributed by atoms with Crippen LogP contribution in [0.1, 0.15) is 43.5 Å². The van der Waals surface area contributed by atoms with Gasteiger partial charge in [0.05, 0.1) is 23.0 Å². The second-order valence-corrected chi connectivity index (χ2v) is 7.79. The summed E-state index contributed by atoms with van der Waals surface area (Å²) in [5.74, 6) is 0. The highest BCUT2D eigenvalue weighted by Crippen LogP contribution is 2.28. The molecule has 148 valence electrons. The molecule has 0 saturated heterocycles. The van der Waals surface area contributed by atoms with Gasteiger partial charge < -0.3 is 20.6 Å². The fraction of sp³-hybridized carbons (Fsp3) is 0.579. The average Bonchev–Trinajstić information content (AvgIpc) is 3.03. The number of nitrogens with zero attached hydrogens (tertiary/aromatic N) is 1. The van der Waals surface area contributed by atoms with Crippen molar-refractivity contribution >= 4 is 35.0 Å². The standard InChI is InChI=1S/C19H27Cl2N5O/c20-14-4-3-5-16(18(14)21)24-11-10-22-8-1-2-9-23-13-6-7-15-17(12-13)26-19(27)25-15/h6-7,13,22-23H,1-5,8-12H2,(H2,25,26,27). The van der Waals surface area contributed by atoms with Crippen LogP contribution in [0.3, 0.4) is 0 Å². The number of fused-ring (bicyclic) bond motifs is 1. The van der Waals surface area contributed by atoms with Crippen molar-refractivity contribution in [3.8, 4) is 0 Å². The first-order chi connectivity index (χ1) is 13.1. The number of rotatable bonds is 9. The topological polar surface area (TPSA) is 85.1 Å². The molecule has 0 spiro atoms. The van der Waals surface area contributed by atoms with Crippen LogP contribution in [0.25, 0.3) is 6.08 Å². The molecular formula is C19H27Cl2N5O. The minimum absolute atomic E-state index is 0.133. The SMILES string of the molecule is O=c1[nH]c2c([nH]1)CC(NCCCCNCCN=C1CCCC(Cl)=C1Cl)C=C2. The minimum atomic E-state index is -0.133. The minimum Gasteiger partial charge on any atom is -0.315 e. The smallest absolute Gasteiger partial charge is 0.315 e. The summed E-state index contributed by atoms with van der Waals surface area (Å²) in [6.45, 7) is 3.53. The molecule has 6 nitrogen and oxygen atoms in total. The predicted molar refractivity (Wildman–Crippen MR) is 113 cm³/mol. The maximum atomic E-state index is 11.3. The molecule has 0 saturated carbocycles. The molecule has 1 atom stereocenters. The Morgan fingerprint density at radius 3 is 2.89 bits per heavy atom. The van der Waals surface area contributed by atoms with E-state index in [4.69, 9.17) is 23.2 Å². The number of hydrogen-bond donors (Lipinski definition) is 4. The molecular weight excluding hydrogens is 385 g/mol. The first-order valence-corrected chi connectivity index (χ1v) is 10.4. The lowest BCUT2D eigenvalue weighted by molar-refractivity contribution is 0.540. The number of hydrogen-bond acceptors (Lipinski definition) is 4. The van der Waals surface area contributed by atoms with Crippen LogP contribution in [0.5, 0.6) is 0 Å². The van der Waals surface area contributed by atoms with Crippen molar-refractivity contribution in [2.24, 2.45) is 4.99 Å². The molecule has 0 radical (unpaired) electrons. The number of aliphatic imine (C=N–C) groups is 1. The molecule has 8 heteroatoms. The van der Waals surface area contributed by atoms with Crippen molar-refractivity contribution in [3.63, 3.8) is 0 Å². The number of imidazole rings is 1. The molecule has 1 aromatic rings. The van der Waals surface area contributed by atoms with Gasteiger partial charge in [-0.25, -0.2) is 4.79 Å². The van der Waals surface area contributed by atoms with Crippen molar-refractivity contribution < 1.29 is 0 Å². The lowest BCUT2D eigenvalue weighted by Crippen LogP contribution is -2.32. The Morgan fingerprint density at radius 1 is 1.15 bits per heavy atom. The van der Waals surface area contributed by atoms with Crippen LogP contribution in [0.15, 0.2) is 25.9 Å². The van der Waals surface area contributed by atoms with Crippen LogP contribution in [-0.4, -0.2) is 47.9 Å². The molecule has 2 aliphatic carbocycles. The largest absolute Gasteiger partial charge is 0.323 e. The maximum Gasteiger partial charge on any atom is 0.323 e. The van der Waals surface area contributed by atoms with Gasteiger partial charge in [0.25, 0.3) is 0 Å². The number of H-pyrrole nitrogens is 2. The molecule has 4 N–H and O–H groups in total. The second-order valence-electron chi connectivity index (χ2n) is 6.95. The lowest BCUT2D eigenvalue weighted by atomic mass is 10.0. The second kappa shape index (κ2) is 10.3. The molecule has 1 unspecified atom stereocenters. The van der Waals surface area contributed by atoms with Crippen LogP contribution < -0.4 is 16.3 Å². The van der Waals surface area contributed by atoms with E-state index in [0.717, 1.165) is 86.8 Å². The molecule has 0 aromatic carbocycles. The fourth-order valence-electron chi connectivity index (χ4n) is 3.37. The highest BCUT2D eigenvalue weighted by molar-refractivity contribution is 6.49. The van der Waals surface area contributed by atoms with Gasteiger partial charge in [0, 0.05) is 29.7 Å². The summed E-state index contributed by atoms with van der Waals surface area (Å²) in [5.41, 5.74) is 2.70. The number of halogens is 2. The Labute approximate surface area is 169 Å². The van der Waals surface area contributed by atoms with Crippen molar-refractivity contribution in [1.82, 2.24) is 20.6 Å². The number of allylic oxidation sites excluding steroid dienone is 2. The van der Waals surface area contributed by atoms with Gasteiger partial charge in [-0.05, 0) is 51.3 Å². The van der Waals surface area contributed by atoms with Crippen molar-refractivity contribution in [3.05, 3.63) is 38.0 Å². The van der Waals surface area contributed by atoms with Gasteiger partial charge >= 0.3 is 5.69 Å². The molecule has 3 rings (SSSR count). The van der Waals surface area contributed by atoms with E-state index in [9.17, 15) is 4.79 Å². The van der Waals surface area contributed by atoms with Crippen LogP contribution in [0.2, 0.25) is 0 Å². The molecule has 0 bridgehead atoms. The Morgan fingerprint density at radius 2 is 2.00 bits per heavy atom. The van der Waals surface area contributed by atoms with E-state index in [1.54, 1.807) is 0 Å². The zero-order valence-electron chi connectivity index (χ0n) is 15.4. The quantitative estimate of drug-likeness (QED) is 0.471. The van der Waals surface area contributed by atoms with Crippen LogP contribution in [0.4, 0.5) is 0 Å². The summed E-state index contributed by atoms with van der Waals surface area (Å²) < 4.78 is 0. The van der Waals surface area contributed by atoms with Gasteiger partial charge in [-0.2, -0.15) is 0 Å². The van der Waals surface area contributed by atoms with Crippen molar-refractivity contribution in [2.75, 3.05) is 26.2 Å². The normalized spacial score (nSPS) is 21.1. The van der Waals surface area contributed by atoms with Crippen molar-refractivity contribution in [2.45, 2.75) is 44.6 Å². The van der Waals surface area contributed by atoms with E-state index in [1.165, 1.54) is 0 Å². The van der Waals surface area contributed by atoms with E-state index in [2.05, 4.69) is 31.7 Å². The molecule has 1 aromatic heterocycles. The van der Waals surface area contributed by atoms with Crippen LogP contribution in [0, 0.1) is 0 Å². The number of nitrogens with one attached hydrogen (secondary N) is 4. The van der Waals surface area contributed by atoms with E-state index in [0.29, 0.717) is 5.03 Å². The number of aromatic nitrogens is 2. The molecule has 0 aliphatic heterocycles. The van der Waals surface area contributed by atoms with Gasteiger partial charge in [-0.15, -0.1) is 0 Å². The zero-order valence-corrected chi connectivity index (χ0v) is 16.9. The third-order valence-electron chi connectivity index (χ3n) is 4.84. The first kappa shape index (κ1) is 20.4. The molecule has 1 heterocycles. The third kappa shape index (κ3) is 6.07. The number of aromatic amines is 2. The van der Waals surface area contributed by atoms with Crippen LogP contribution in [-0.2, 0) is 6.42 Å². The first-order valence-electron chi connectivity index (χ1n) is 9.65. The Bertz CT molecular complexity index is 777. The van der Waals surface area contributed by atoms with Gasteiger partial charge in [0.15, 0.2) is 0 Å². The van der Waals surface area contributed by atoms with Gasteiger partial charge in [-0.3, -0.25) is 4.99 Å². The molecule has 0 amide bonds. The van der Waals surface area contributed by atoms with Gasteiger partial charge in [0.2, 0.25) is 0 Å². The molecule has 2 aliphatic rings. The summed E-state index contributed by atoms with van der Waals surface area (Å²) in [6.07, 6.45) is 9.95. The summed E-state index contributed by atoms with van der Waals surface area (Å²) in [7, 11) is 0. The molecule has 0 fully saturated rings. The van der Waals surface area contributed by atoms with Crippen LogP contribution >= 0.6 is 23.2 Å². The van der Waals surface area contributed by atoms with Crippen molar-refractivity contribution in [1.29, 1.82) is 0 Å².